The fourth-order valence-electron chi connectivity index (χ4n) is 0.394. The lowest BCUT2D eigenvalue weighted by Crippen LogP contribution is -2.25. The van der Waals surface area contributed by atoms with Crippen LogP contribution in [-0.2, 0) is 31.1 Å². The van der Waals surface area contributed by atoms with Crippen LogP contribution in [0.15, 0.2) is 12.0 Å². The fourth-order valence-corrected chi connectivity index (χ4v) is 0.879. The van der Waals surface area contributed by atoms with Crippen LogP contribution in [0.4, 0.5) is 13.2 Å². The topological polar surface area (TPSA) is 93.1 Å². The summed E-state index contributed by atoms with van der Waals surface area (Å²) in [6, 6.07) is 0. The summed E-state index contributed by atoms with van der Waals surface area (Å²) in [5.74, 6) is -5.90. The minimum Gasteiger partial charge on any atom is -0.384 e. The molecule has 90 valence electrons. The highest BCUT2D eigenvalue weighted by Gasteiger charge is 2.39. The molecule has 0 bridgehead atoms. The van der Waals surface area contributed by atoms with Crippen LogP contribution in [0.5, 0.6) is 0 Å². The minimum absolute atomic E-state index is 0.121. The maximum atomic E-state index is 12.6. The first-order chi connectivity index (χ1) is 6.79. The van der Waals surface area contributed by atoms with Gasteiger partial charge in [-0.05, 0) is 0 Å². The number of hydrogen-bond donors (Lipinski definition) is 2. The van der Waals surface area contributed by atoms with Crippen molar-refractivity contribution in [3.8, 4) is 0 Å². The first-order valence-electron chi connectivity index (χ1n) is 3.01. The van der Waals surface area contributed by atoms with Crippen LogP contribution >= 0.6 is 0 Å². The first kappa shape index (κ1) is 14.3. The SMILES string of the molecule is O=S(O)O/C=C(/OS(=O)O)C(F)(F)CF. The summed E-state index contributed by atoms with van der Waals surface area (Å²) in [7, 11) is 0. The van der Waals surface area contributed by atoms with Crippen LogP contribution in [0.1, 0.15) is 0 Å². The Labute approximate surface area is 87.0 Å². The van der Waals surface area contributed by atoms with Gasteiger partial charge in [0.25, 0.3) is 0 Å². The molecule has 0 spiro atoms. The van der Waals surface area contributed by atoms with E-state index in [0.29, 0.717) is 0 Å². The lowest BCUT2D eigenvalue weighted by atomic mass is 10.3. The number of halogens is 3. The van der Waals surface area contributed by atoms with E-state index in [1.54, 1.807) is 0 Å². The van der Waals surface area contributed by atoms with Gasteiger partial charge in [0.15, 0.2) is 12.9 Å². The third-order valence-corrected chi connectivity index (χ3v) is 1.51. The lowest BCUT2D eigenvalue weighted by molar-refractivity contribution is -0.0181. The Kier molecular flexibility index (Phi) is 5.79. The van der Waals surface area contributed by atoms with Crippen LogP contribution in [0, 0.1) is 0 Å². The van der Waals surface area contributed by atoms with Gasteiger partial charge in [-0.1, -0.05) is 0 Å². The molecule has 0 aromatic carbocycles. The monoisotopic (exact) mass is 270 g/mol. The lowest BCUT2D eigenvalue weighted by Gasteiger charge is -2.13. The third-order valence-electron chi connectivity index (χ3n) is 0.927. The van der Waals surface area contributed by atoms with Gasteiger partial charge in [0.05, 0.1) is 0 Å². The van der Waals surface area contributed by atoms with E-state index in [1.807, 2.05) is 0 Å². The zero-order valence-electron chi connectivity index (χ0n) is 6.76. The number of rotatable bonds is 6. The van der Waals surface area contributed by atoms with Crippen molar-refractivity contribution in [2.24, 2.45) is 0 Å². The predicted molar refractivity (Wildman–Crippen MR) is 42.7 cm³/mol. The Balaban J connectivity index is 4.79. The van der Waals surface area contributed by atoms with Crippen LogP contribution < -0.4 is 0 Å². The molecule has 15 heavy (non-hydrogen) atoms. The molecule has 2 atom stereocenters. The molecule has 0 aliphatic rings. The highest BCUT2D eigenvalue weighted by atomic mass is 32.2. The maximum absolute atomic E-state index is 12.6. The quantitative estimate of drug-likeness (QED) is 0.546. The Morgan fingerprint density at radius 2 is 1.87 bits per heavy atom. The van der Waals surface area contributed by atoms with E-state index in [-0.39, 0.29) is 6.26 Å². The number of allylic oxidation sites excluding steroid dienone is 1. The molecule has 0 amide bonds. The molecule has 2 unspecified atom stereocenters. The Hall–Kier alpha value is -0.650. The van der Waals surface area contributed by atoms with Gasteiger partial charge in [-0.15, -0.1) is 0 Å². The average molecular weight is 270 g/mol. The Morgan fingerprint density at radius 1 is 1.33 bits per heavy atom. The fraction of sp³-hybridized carbons (Fsp3) is 0.500. The molecule has 6 nitrogen and oxygen atoms in total. The molecule has 0 fully saturated rings. The average Bonchev–Trinajstić information content (AvgIpc) is 2.11. The van der Waals surface area contributed by atoms with E-state index in [1.165, 1.54) is 0 Å². The van der Waals surface area contributed by atoms with Gasteiger partial charge in [0.2, 0.25) is 5.76 Å². The molecule has 11 heteroatoms. The van der Waals surface area contributed by atoms with Crippen molar-refractivity contribution in [3.63, 3.8) is 0 Å². The molecule has 0 aliphatic heterocycles. The summed E-state index contributed by atoms with van der Waals surface area (Å²) in [5, 5.41) is 0. The summed E-state index contributed by atoms with van der Waals surface area (Å²) < 4.78 is 80.2. The predicted octanol–water partition coefficient (Wildman–Crippen LogP) is 0.739. The number of alkyl halides is 3. The van der Waals surface area contributed by atoms with E-state index in [0.717, 1.165) is 0 Å². The van der Waals surface area contributed by atoms with Crippen molar-refractivity contribution in [1.29, 1.82) is 0 Å². The Bertz CT molecular complexity index is 292. The summed E-state index contributed by atoms with van der Waals surface area (Å²) in [4.78, 5) is 0. The molecule has 0 saturated carbocycles. The van der Waals surface area contributed by atoms with Crippen molar-refractivity contribution < 1.29 is 39.1 Å². The molecule has 0 radical (unpaired) electrons. The van der Waals surface area contributed by atoms with Gasteiger partial charge in [0.1, 0.15) is 0 Å². The van der Waals surface area contributed by atoms with Crippen molar-refractivity contribution in [3.05, 3.63) is 12.0 Å². The van der Waals surface area contributed by atoms with Crippen LogP contribution in [0.3, 0.4) is 0 Å². The second kappa shape index (κ2) is 6.05. The molecule has 0 aromatic heterocycles. The van der Waals surface area contributed by atoms with Gasteiger partial charge >= 0.3 is 28.6 Å². The second-order valence-electron chi connectivity index (χ2n) is 1.93. The molecule has 0 aliphatic carbocycles. The molecular formula is C4H5F3O6S2. The van der Waals surface area contributed by atoms with Crippen molar-refractivity contribution in [2.45, 2.75) is 5.92 Å². The van der Waals surface area contributed by atoms with E-state index >= 15 is 0 Å². The van der Waals surface area contributed by atoms with Crippen molar-refractivity contribution in [1.82, 2.24) is 0 Å². The van der Waals surface area contributed by atoms with Gasteiger partial charge in [-0.2, -0.15) is 17.2 Å². The molecule has 0 heterocycles. The molecular weight excluding hydrogens is 265 g/mol. The zero-order chi connectivity index (χ0) is 12.1. The summed E-state index contributed by atoms with van der Waals surface area (Å²) in [6.45, 7) is -2.22. The minimum atomic E-state index is -4.22. The first-order valence-corrected chi connectivity index (χ1v) is 5.07. The Morgan fingerprint density at radius 3 is 2.20 bits per heavy atom. The van der Waals surface area contributed by atoms with Gasteiger partial charge in [0, 0.05) is 0 Å². The van der Waals surface area contributed by atoms with E-state index < -0.39 is 41.1 Å². The molecule has 0 aromatic rings. The highest BCUT2D eigenvalue weighted by Crippen LogP contribution is 2.26. The molecule has 2 N–H and O–H groups in total. The maximum Gasteiger partial charge on any atom is 0.357 e. The normalized spacial score (nSPS) is 17.0. The van der Waals surface area contributed by atoms with Gasteiger partial charge in [-0.3, -0.25) is 9.11 Å². The highest BCUT2D eigenvalue weighted by molar-refractivity contribution is 7.74. The standard InChI is InChI=1S/C4H5F3O6S2/c5-2-4(6,7)3(13-15(10)11)1-12-14(8)9/h1H,2H2,(H,8,9)(H,10,11)/b3-1+. The van der Waals surface area contributed by atoms with E-state index in [9.17, 15) is 21.6 Å². The van der Waals surface area contributed by atoms with E-state index in [4.69, 9.17) is 9.11 Å². The van der Waals surface area contributed by atoms with Crippen LogP contribution in [0.25, 0.3) is 0 Å². The third kappa shape index (κ3) is 5.71. The number of hydrogen-bond acceptors (Lipinski definition) is 4. The summed E-state index contributed by atoms with van der Waals surface area (Å²) in [6.07, 6.45) is -0.121. The smallest absolute Gasteiger partial charge is 0.357 e. The largest absolute Gasteiger partial charge is 0.384 e. The van der Waals surface area contributed by atoms with Crippen molar-refractivity contribution >= 4 is 22.7 Å². The van der Waals surface area contributed by atoms with Gasteiger partial charge in [-0.25, -0.2) is 4.39 Å². The van der Waals surface area contributed by atoms with Crippen LogP contribution in [0.2, 0.25) is 0 Å². The zero-order valence-corrected chi connectivity index (χ0v) is 8.40. The molecule has 0 saturated heterocycles. The van der Waals surface area contributed by atoms with E-state index in [2.05, 4.69) is 8.37 Å². The van der Waals surface area contributed by atoms with Crippen LogP contribution in [-0.4, -0.2) is 30.1 Å². The summed E-state index contributed by atoms with van der Waals surface area (Å²) in [5.41, 5.74) is 0. The van der Waals surface area contributed by atoms with Gasteiger partial charge < -0.3 is 8.37 Å². The van der Waals surface area contributed by atoms with Crippen molar-refractivity contribution in [2.75, 3.05) is 6.67 Å². The molecule has 0 rings (SSSR count). The summed E-state index contributed by atoms with van der Waals surface area (Å²) >= 11 is -6.06. The second-order valence-corrected chi connectivity index (χ2v) is 3.16.